The summed E-state index contributed by atoms with van der Waals surface area (Å²) in [6.45, 7) is -0.287. The molecule has 1 aliphatic rings. The van der Waals surface area contributed by atoms with Crippen molar-refractivity contribution in [3.63, 3.8) is 0 Å². The second-order valence-corrected chi connectivity index (χ2v) is 6.79. The van der Waals surface area contributed by atoms with E-state index in [1.165, 1.54) is 34.6 Å². The molecule has 1 aromatic heterocycles. The molecule has 0 saturated heterocycles. The number of Topliss-reactive ketones (excluding diaryl/α,β-unsaturated/α-hetero) is 1. The van der Waals surface area contributed by atoms with Gasteiger partial charge in [0.2, 0.25) is 5.78 Å². The summed E-state index contributed by atoms with van der Waals surface area (Å²) in [5.41, 5.74) is 1.63. The number of halogens is 1. The monoisotopic (exact) mass is 334 g/mol. The van der Waals surface area contributed by atoms with Gasteiger partial charge in [0, 0.05) is 10.4 Å². The van der Waals surface area contributed by atoms with Crippen molar-refractivity contribution in [1.82, 2.24) is 0 Å². The zero-order valence-corrected chi connectivity index (χ0v) is 13.5. The van der Waals surface area contributed by atoms with Crippen LogP contribution in [0.15, 0.2) is 30.3 Å². The predicted octanol–water partition coefficient (Wildman–Crippen LogP) is 4.32. The molecule has 0 saturated carbocycles. The van der Waals surface area contributed by atoms with Crippen molar-refractivity contribution in [2.75, 3.05) is 6.61 Å². The fourth-order valence-electron chi connectivity index (χ4n) is 2.56. The number of rotatable bonds is 4. The second-order valence-electron chi connectivity index (χ2n) is 5.25. The minimum absolute atomic E-state index is 0.287. The Morgan fingerprint density at radius 1 is 1.18 bits per heavy atom. The van der Waals surface area contributed by atoms with Crippen molar-refractivity contribution < 1.29 is 14.3 Å². The topological polar surface area (TPSA) is 43.4 Å². The van der Waals surface area contributed by atoms with Gasteiger partial charge in [0.05, 0.1) is 5.02 Å². The zero-order chi connectivity index (χ0) is 15.5. The molecular weight excluding hydrogens is 320 g/mol. The molecule has 0 aliphatic heterocycles. The molecule has 3 rings (SSSR count). The number of benzene rings is 1. The van der Waals surface area contributed by atoms with E-state index >= 15 is 0 Å². The van der Waals surface area contributed by atoms with Crippen LogP contribution < -0.4 is 0 Å². The Hall–Kier alpha value is -1.65. The van der Waals surface area contributed by atoms with Gasteiger partial charge >= 0.3 is 5.97 Å². The lowest BCUT2D eigenvalue weighted by atomic mass is 9.99. The van der Waals surface area contributed by atoms with Gasteiger partial charge in [0.1, 0.15) is 4.88 Å². The predicted molar refractivity (Wildman–Crippen MR) is 87.0 cm³/mol. The Kier molecular flexibility index (Phi) is 4.60. The van der Waals surface area contributed by atoms with Gasteiger partial charge in [-0.15, -0.1) is 11.3 Å². The SMILES string of the molecule is O=C(OCC(=O)c1ccccc1Cl)c1cc2c(s1)CCCC2. The summed E-state index contributed by atoms with van der Waals surface area (Å²) in [4.78, 5) is 26.0. The third-order valence-electron chi connectivity index (χ3n) is 3.71. The summed E-state index contributed by atoms with van der Waals surface area (Å²) >= 11 is 7.44. The number of hydrogen-bond acceptors (Lipinski definition) is 4. The third-order valence-corrected chi connectivity index (χ3v) is 5.25. The van der Waals surface area contributed by atoms with Crippen molar-refractivity contribution >= 4 is 34.7 Å². The number of carbonyl (C=O) groups excluding carboxylic acids is 2. The summed E-state index contributed by atoms with van der Waals surface area (Å²) in [5.74, 6) is -0.722. The maximum absolute atomic E-state index is 12.1. The highest BCUT2D eigenvalue weighted by molar-refractivity contribution is 7.14. The molecule has 0 N–H and O–H groups in total. The zero-order valence-electron chi connectivity index (χ0n) is 11.9. The van der Waals surface area contributed by atoms with Crippen LogP contribution in [0.25, 0.3) is 0 Å². The molecule has 0 fully saturated rings. The van der Waals surface area contributed by atoms with E-state index in [-0.39, 0.29) is 12.4 Å². The fourth-order valence-corrected chi connectivity index (χ4v) is 3.95. The number of carbonyl (C=O) groups is 2. The van der Waals surface area contributed by atoms with Gasteiger partial charge in [0.15, 0.2) is 6.61 Å². The van der Waals surface area contributed by atoms with E-state index in [9.17, 15) is 9.59 Å². The normalized spacial score (nSPS) is 13.5. The van der Waals surface area contributed by atoms with Gasteiger partial charge in [-0.3, -0.25) is 4.79 Å². The number of ether oxygens (including phenoxy) is 1. The van der Waals surface area contributed by atoms with E-state index in [1.807, 2.05) is 6.07 Å². The Morgan fingerprint density at radius 2 is 1.95 bits per heavy atom. The van der Waals surface area contributed by atoms with E-state index < -0.39 is 5.97 Å². The summed E-state index contributed by atoms with van der Waals surface area (Å²) in [6.07, 6.45) is 4.40. The van der Waals surface area contributed by atoms with Gasteiger partial charge in [0.25, 0.3) is 0 Å². The van der Waals surface area contributed by atoms with Crippen LogP contribution >= 0.6 is 22.9 Å². The number of aryl methyl sites for hydroxylation is 2. The maximum Gasteiger partial charge on any atom is 0.348 e. The molecule has 0 atom stereocenters. The molecule has 1 heterocycles. The molecule has 0 radical (unpaired) electrons. The van der Waals surface area contributed by atoms with Crippen LogP contribution in [0, 0.1) is 0 Å². The molecule has 2 aromatic rings. The first-order chi connectivity index (χ1) is 10.6. The minimum Gasteiger partial charge on any atom is -0.453 e. The van der Waals surface area contributed by atoms with E-state index in [1.54, 1.807) is 24.3 Å². The average Bonchev–Trinajstić information content (AvgIpc) is 2.97. The first-order valence-corrected chi connectivity index (χ1v) is 8.41. The number of esters is 1. The highest BCUT2D eigenvalue weighted by atomic mass is 35.5. The quantitative estimate of drug-likeness (QED) is 0.617. The van der Waals surface area contributed by atoms with Crippen molar-refractivity contribution in [3.05, 3.63) is 56.2 Å². The van der Waals surface area contributed by atoms with Gasteiger partial charge in [-0.1, -0.05) is 23.7 Å². The summed E-state index contributed by atoms with van der Waals surface area (Å²) in [5, 5.41) is 0.370. The molecule has 0 unspecified atom stereocenters. The van der Waals surface area contributed by atoms with Crippen molar-refractivity contribution in [3.8, 4) is 0 Å². The van der Waals surface area contributed by atoms with Crippen LogP contribution in [-0.2, 0) is 17.6 Å². The molecular formula is C17H15ClO3S. The smallest absolute Gasteiger partial charge is 0.348 e. The highest BCUT2D eigenvalue weighted by Crippen LogP contribution is 2.30. The molecule has 3 nitrogen and oxygen atoms in total. The van der Waals surface area contributed by atoms with Gasteiger partial charge in [-0.25, -0.2) is 4.79 Å². The van der Waals surface area contributed by atoms with Crippen LogP contribution in [0.1, 0.15) is 43.3 Å². The van der Waals surface area contributed by atoms with Crippen LogP contribution in [0.2, 0.25) is 5.02 Å². The minimum atomic E-state index is -0.431. The molecule has 0 amide bonds. The molecule has 0 bridgehead atoms. The fraction of sp³-hybridized carbons (Fsp3) is 0.294. The first kappa shape index (κ1) is 15.3. The molecule has 114 valence electrons. The van der Waals surface area contributed by atoms with Crippen LogP contribution in [0.4, 0.5) is 0 Å². The maximum atomic E-state index is 12.1. The van der Waals surface area contributed by atoms with Crippen molar-refractivity contribution in [1.29, 1.82) is 0 Å². The largest absolute Gasteiger partial charge is 0.453 e. The number of thiophene rings is 1. The van der Waals surface area contributed by atoms with Crippen LogP contribution in [-0.4, -0.2) is 18.4 Å². The van der Waals surface area contributed by atoms with Gasteiger partial charge in [-0.2, -0.15) is 0 Å². The van der Waals surface area contributed by atoms with Crippen LogP contribution in [0.5, 0.6) is 0 Å². The molecule has 22 heavy (non-hydrogen) atoms. The lowest BCUT2D eigenvalue weighted by Crippen LogP contribution is -2.13. The van der Waals surface area contributed by atoms with E-state index in [2.05, 4.69) is 0 Å². The van der Waals surface area contributed by atoms with Crippen molar-refractivity contribution in [2.24, 2.45) is 0 Å². The van der Waals surface area contributed by atoms with E-state index in [0.717, 1.165) is 12.8 Å². The summed E-state index contributed by atoms with van der Waals surface area (Å²) in [7, 11) is 0. The molecule has 1 aromatic carbocycles. The Morgan fingerprint density at radius 3 is 2.73 bits per heavy atom. The number of fused-ring (bicyclic) bond motifs is 1. The van der Waals surface area contributed by atoms with E-state index in [4.69, 9.17) is 16.3 Å². The van der Waals surface area contributed by atoms with E-state index in [0.29, 0.717) is 15.5 Å². The number of hydrogen-bond donors (Lipinski definition) is 0. The molecule has 5 heteroatoms. The molecule has 1 aliphatic carbocycles. The highest BCUT2D eigenvalue weighted by Gasteiger charge is 2.19. The Bertz CT molecular complexity index is 697. The lowest BCUT2D eigenvalue weighted by molar-refractivity contribution is 0.0479. The third kappa shape index (κ3) is 3.23. The van der Waals surface area contributed by atoms with Crippen LogP contribution in [0.3, 0.4) is 0 Å². The first-order valence-electron chi connectivity index (χ1n) is 7.21. The Balaban J connectivity index is 1.64. The Labute approximate surface area is 137 Å². The second kappa shape index (κ2) is 6.63. The summed E-state index contributed by atoms with van der Waals surface area (Å²) in [6, 6.07) is 8.66. The summed E-state index contributed by atoms with van der Waals surface area (Å²) < 4.78 is 5.14. The van der Waals surface area contributed by atoms with Gasteiger partial charge < -0.3 is 4.74 Å². The number of ketones is 1. The molecule has 0 spiro atoms. The average molecular weight is 335 g/mol. The van der Waals surface area contributed by atoms with Gasteiger partial charge in [-0.05, 0) is 49.4 Å². The standard InChI is InChI=1S/C17H15ClO3S/c18-13-7-3-2-6-12(13)14(19)10-21-17(20)16-9-11-5-1-4-8-15(11)22-16/h2-3,6-7,9H,1,4-5,8,10H2. The van der Waals surface area contributed by atoms with Crippen molar-refractivity contribution in [2.45, 2.75) is 25.7 Å². The lowest BCUT2D eigenvalue weighted by Gasteiger charge is -2.08.